The van der Waals surface area contributed by atoms with E-state index >= 15 is 0 Å². The first-order valence-electron chi connectivity index (χ1n) is 9.90. The number of nitrogens with one attached hydrogen (secondary N) is 1. The first-order chi connectivity index (χ1) is 14.8. The van der Waals surface area contributed by atoms with Crippen LogP contribution in [0, 0.1) is 0 Å². The molecule has 0 spiro atoms. The number of fused-ring (bicyclic) bond motifs is 1. The van der Waals surface area contributed by atoms with E-state index in [4.69, 9.17) is 9.26 Å². The van der Waals surface area contributed by atoms with E-state index in [0.717, 1.165) is 35.9 Å². The van der Waals surface area contributed by atoms with Crippen molar-refractivity contribution in [3.63, 3.8) is 0 Å². The van der Waals surface area contributed by atoms with Crippen molar-refractivity contribution >= 4 is 16.9 Å². The molecule has 0 bridgehead atoms. The van der Waals surface area contributed by atoms with Gasteiger partial charge in [-0.2, -0.15) is 20.4 Å². The van der Waals surface area contributed by atoms with E-state index in [-0.39, 0.29) is 18.6 Å². The van der Waals surface area contributed by atoms with E-state index in [1.807, 2.05) is 48.5 Å². The Kier molecular flexibility index (Phi) is 4.84. The van der Waals surface area contributed by atoms with Crippen molar-refractivity contribution in [3.8, 4) is 17.2 Å². The number of para-hydroxylation sites is 1. The van der Waals surface area contributed by atoms with Crippen molar-refractivity contribution in [2.75, 3.05) is 13.2 Å². The average molecular weight is 404 g/mol. The molecule has 2 aromatic carbocycles. The minimum absolute atomic E-state index is 0.0198. The molecule has 9 heteroatoms. The lowest BCUT2D eigenvalue weighted by Gasteiger charge is -2.33. The maximum Gasteiger partial charge on any atom is 0.261 e. The van der Waals surface area contributed by atoms with Gasteiger partial charge in [-0.3, -0.25) is 4.79 Å². The molecule has 0 radical (unpaired) electrons. The van der Waals surface area contributed by atoms with Gasteiger partial charge in [0.05, 0.1) is 6.04 Å². The van der Waals surface area contributed by atoms with Crippen LogP contribution >= 0.6 is 0 Å². The summed E-state index contributed by atoms with van der Waals surface area (Å²) in [5.41, 5.74) is 2.25. The molecule has 4 aromatic rings. The van der Waals surface area contributed by atoms with E-state index < -0.39 is 0 Å². The number of piperidine rings is 1. The molecule has 1 fully saturated rings. The lowest BCUT2D eigenvalue weighted by molar-refractivity contribution is -0.137. The number of nitrogens with zero attached hydrogens (tertiary/aromatic N) is 5. The fraction of sp³-hybridized carbons (Fsp3) is 0.286. The highest BCUT2D eigenvalue weighted by Crippen LogP contribution is 2.31. The molecule has 0 aliphatic carbocycles. The van der Waals surface area contributed by atoms with E-state index in [1.165, 1.54) is 0 Å². The highest BCUT2D eigenvalue weighted by molar-refractivity contribution is 5.79. The van der Waals surface area contributed by atoms with Gasteiger partial charge >= 0.3 is 0 Å². The van der Waals surface area contributed by atoms with Gasteiger partial charge in [-0.1, -0.05) is 23.4 Å². The van der Waals surface area contributed by atoms with Crippen LogP contribution in [0.1, 0.15) is 31.1 Å². The number of aromatic nitrogens is 5. The number of carbonyl (C=O) groups excluding carboxylic acids is 1. The first kappa shape index (κ1) is 18.3. The summed E-state index contributed by atoms with van der Waals surface area (Å²) >= 11 is 0. The Morgan fingerprint density at radius 2 is 2.00 bits per heavy atom. The molecule has 1 amide bonds. The lowest BCUT2D eigenvalue weighted by atomic mass is 10.0. The number of likely N-dealkylation sites (tertiary alicyclic amines) is 1. The predicted octanol–water partition coefficient (Wildman–Crippen LogP) is 3.14. The van der Waals surface area contributed by atoms with Crippen molar-refractivity contribution in [2.24, 2.45) is 0 Å². The standard InChI is InChI=1S/C21H20N6O3/c28-19(13-29-15-6-2-1-3-7-15)27-11-5-4-8-18(27)20-22-21(30-25-20)14-9-10-16-17(12-14)24-26-23-16/h1-3,6-7,9-10,12,18H,4-5,8,11,13H2,(H,23,24,26)/t18-/m1/s1. The third-order valence-corrected chi connectivity index (χ3v) is 5.23. The van der Waals surface area contributed by atoms with Gasteiger partial charge in [-0.25, -0.2) is 0 Å². The first-order valence-corrected chi connectivity index (χ1v) is 9.90. The molecule has 1 N–H and O–H groups in total. The lowest BCUT2D eigenvalue weighted by Crippen LogP contribution is -2.41. The molecule has 3 heterocycles. The molecule has 0 saturated carbocycles. The predicted molar refractivity (Wildman–Crippen MR) is 107 cm³/mol. The van der Waals surface area contributed by atoms with Crippen molar-refractivity contribution < 1.29 is 14.1 Å². The van der Waals surface area contributed by atoms with Crippen molar-refractivity contribution in [3.05, 3.63) is 54.4 Å². The number of hydrogen-bond acceptors (Lipinski definition) is 7. The fourth-order valence-corrected chi connectivity index (χ4v) is 3.70. The third kappa shape index (κ3) is 3.61. The van der Waals surface area contributed by atoms with Crippen molar-refractivity contribution in [1.82, 2.24) is 30.5 Å². The van der Waals surface area contributed by atoms with Crippen LogP contribution in [0.5, 0.6) is 5.75 Å². The van der Waals surface area contributed by atoms with Gasteiger partial charge in [0, 0.05) is 12.1 Å². The Balaban J connectivity index is 1.33. The highest BCUT2D eigenvalue weighted by atomic mass is 16.5. The highest BCUT2D eigenvalue weighted by Gasteiger charge is 2.32. The van der Waals surface area contributed by atoms with E-state index in [1.54, 1.807) is 4.90 Å². The van der Waals surface area contributed by atoms with Crippen LogP contribution in [0.4, 0.5) is 0 Å². The molecular weight excluding hydrogens is 384 g/mol. The van der Waals surface area contributed by atoms with Crippen LogP contribution in [-0.2, 0) is 4.79 Å². The third-order valence-electron chi connectivity index (χ3n) is 5.23. The maximum atomic E-state index is 12.8. The minimum atomic E-state index is -0.223. The van der Waals surface area contributed by atoms with Crippen LogP contribution < -0.4 is 4.74 Å². The average Bonchev–Trinajstić information content (AvgIpc) is 3.47. The van der Waals surface area contributed by atoms with Crippen LogP contribution in [-0.4, -0.2) is 49.5 Å². The molecule has 0 unspecified atom stereocenters. The number of rotatable bonds is 5. The van der Waals surface area contributed by atoms with Gasteiger partial charge in [-0.05, 0) is 49.6 Å². The summed E-state index contributed by atoms with van der Waals surface area (Å²) < 4.78 is 11.1. The molecule has 152 valence electrons. The smallest absolute Gasteiger partial charge is 0.261 e. The Morgan fingerprint density at radius 1 is 1.13 bits per heavy atom. The second-order valence-electron chi connectivity index (χ2n) is 7.19. The molecule has 1 saturated heterocycles. The number of aromatic amines is 1. The number of ether oxygens (including phenoxy) is 1. The zero-order valence-corrected chi connectivity index (χ0v) is 16.2. The summed E-state index contributed by atoms with van der Waals surface area (Å²) in [5.74, 6) is 1.50. The number of benzene rings is 2. The maximum absolute atomic E-state index is 12.8. The van der Waals surface area contributed by atoms with Gasteiger partial charge in [-0.15, -0.1) is 0 Å². The SMILES string of the molecule is O=C(COc1ccccc1)N1CCCC[C@@H]1c1noc(-c2ccc3n[nH]nc3c2)n1. The van der Waals surface area contributed by atoms with Gasteiger partial charge in [0.2, 0.25) is 0 Å². The van der Waals surface area contributed by atoms with Crippen molar-refractivity contribution in [1.29, 1.82) is 0 Å². The second-order valence-corrected chi connectivity index (χ2v) is 7.19. The van der Waals surface area contributed by atoms with E-state index in [9.17, 15) is 4.79 Å². The fourth-order valence-electron chi connectivity index (χ4n) is 3.70. The summed E-state index contributed by atoms with van der Waals surface area (Å²) in [6.07, 6.45) is 2.74. The second kappa shape index (κ2) is 7.94. The topological polar surface area (TPSA) is 110 Å². The van der Waals surface area contributed by atoms with E-state index in [2.05, 4.69) is 25.6 Å². The van der Waals surface area contributed by atoms with Crippen LogP contribution in [0.3, 0.4) is 0 Å². The molecular formula is C21H20N6O3. The zero-order chi connectivity index (χ0) is 20.3. The largest absolute Gasteiger partial charge is 0.484 e. The number of amides is 1. The number of hydrogen-bond donors (Lipinski definition) is 1. The summed E-state index contributed by atoms with van der Waals surface area (Å²) in [7, 11) is 0. The van der Waals surface area contributed by atoms with Gasteiger partial charge in [0.15, 0.2) is 12.4 Å². The zero-order valence-electron chi connectivity index (χ0n) is 16.2. The summed E-state index contributed by atoms with van der Waals surface area (Å²) in [4.78, 5) is 19.2. The molecule has 1 aliphatic heterocycles. The van der Waals surface area contributed by atoms with Gasteiger partial charge in [0.25, 0.3) is 11.8 Å². The number of H-pyrrole nitrogens is 1. The summed E-state index contributed by atoms with van der Waals surface area (Å²) in [6.45, 7) is 0.629. The Hall–Kier alpha value is -3.75. The van der Waals surface area contributed by atoms with Gasteiger partial charge < -0.3 is 14.2 Å². The van der Waals surface area contributed by atoms with E-state index in [0.29, 0.717) is 24.0 Å². The van der Waals surface area contributed by atoms with Crippen LogP contribution in [0.15, 0.2) is 53.1 Å². The Bertz CT molecular complexity index is 1160. The van der Waals surface area contributed by atoms with Gasteiger partial charge in [0.1, 0.15) is 16.8 Å². The van der Waals surface area contributed by atoms with Crippen LogP contribution in [0.2, 0.25) is 0 Å². The normalized spacial score (nSPS) is 16.7. The van der Waals surface area contributed by atoms with Crippen LogP contribution in [0.25, 0.3) is 22.5 Å². The van der Waals surface area contributed by atoms with Crippen molar-refractivity contribution in [2.45, 2.75) is 25.3 Å². The molecule has 1 atom stereocenters. The summed E-state index contributed by atoms with van der Waals surface area (Å²) in [6, 6.07) is 14.6. The molecule has 2 aromatic heterocycles. The molecule has 1 aliphatic rings. The molecule has 9 nitrogen and oxygen atoms in total. The Morgan fingerprint density at radius 3 is 2.90 bits per heavy atom. The molecule has 30 heavy (non-hydrogen) atoms. The molecule has 5 rings (SSSR count). The Labute approximate surface area is 172 Å². The quantitative estimate of drug-likeness (QED) is 0.544. The number of carbonyl (C=O) groups is 1. The monoisotopic (exact) mass is 404 g/mol. The summed E-state index contributed by atoms with van der Waals surface area (Å²) in [5, 5.41) is 14.9. The minimum Gasteiger partial charge on any atom is -0.484 e.